The molecule has 0 amide bonds. The molecule has 0 saturated heterocycles. The molecule has 3 N–H and O–H groups in total. The van der Waals surface area contributed by atoms with E-state index >= 15 is 0 Å². The summed E-state index contributed by atoms with van der Waals surface area (Å²) in [5.74, 6) is 0. The van der Waals surface area contributed by atoms with Crippen LogP contribution in [0.1, 0.15) is 11.1 Å². The van der Waals surface area contributed by atoms with E-state index in [0.29, 0.717) is 16.4 Å². The highest BCUT2D eigenvalue weighted by molar-refractivity contribution is 7.86. The minimum atomic E-state index is -4.84. The smallest absolute Gasteiger partial charge is 0.297 e. The molecule has 150 valence electrons. The van der Waals surface area contributed by atoms with E-state index in [1.165, 1.54) is 6.07 Å². The standard InChI is InChI=1S/C22H16N2O5S/c1-10-7-8-15-17(11(10)2)21(26)13-9-16-18(22(19(13)24-15)30(27,28)29)20(25)12-5-3-4-6-14(12)23-16/h3-9H,1-2H3,(H,23,25)(H,24,26)(H,27,28,29). The summed E-state index contributed by atoms with van der Waals surface area (Å²) in [4.78, 5) is 31.9. The lowest BCUT2D eigenvalue weighted by Gasteiger charge is -2.12. The van der Waals surface area contributed by atoms with Crippen LogP contribution in [0.2, 0.25) is 0 Å². The van der Waals surface area contributed by atoms with E-state index in [1.54, 1.807) is 30.3 Å². The van der Waals surface area contributed by atoms with Crippen molar-refractivity contribution < 1.29 is 13.0 Å². The molecule has 5 rings (SSSR count). The summed E-state index contributed by atoms with van der Waals surface area (Å²) in [5, 5.41) is 0.597. The Morgan fingerprint density at radius 3 is 2.23 bits per heavy atom. The number of hydrogen-bond donors (Lipinski definition) is 3. The number of nitrogens with one attached hydrogen (secondary N) is 2. The second-order valence-electron chi connectivity index (χ2n) is 7.41. The Hall–Kier alpha value is -3.49. The molecule has 0 aliphatic heterocycles. The van der Waals surface area contributed by atoms with Gasteiger partial charge in [0.15, 0.2) is 10.9 Å². The Labute approximate surface area is 169 Å². The van der Waals surface area contributed by atoms with Gasteiger partial charge in [-0.05, 0) is 49.2 Å². The molecule has 30 heavy (non-hydrogen) atoms. The number of fused-ring (bicyclic) bond motifs is 4. The van der Waals surface area contributed by atoms with Crippen molar-refractivity contribution in [1.29, 1.82) is 0 Å². The summed E-state index contributed by atoms with van der Waals surface area (Å²) >= 11 is 0. The van der Waals surface area contributed by atoms with E-state index in [-0.39, 0.29) is 32.6 Å². The molecule has 7 nitrogen and oxygen atoms in total. The van der Waals surface area contributed by atoms with Crippen molar-refractivity contribution in [3.63, 3.8) is 0 Å². The van der Waals surface area contributed by atoms with Gasteiger partial charge in [-0.25, -0.2) is 0 Å². The van der Waals surface area contributed by atoms with Crippen LogP contribution in [0.4, 0.5) is 0 Å². The van der Waals surface area contributed by atoms with E-state index in [2.05, 4.69) is 9.97 Å². The molecule has 0 spiro atoms. The average molecular weight is 420 g/mol. The van der Waals surface area contributed by atoms with Crippen LogP contribution in [0.5, 0.6) is 0 Å². The van der Waals surface area contributed by atoms with Crippen LogP contribution in [0, 0.1) is 13.8 Å². The highest BCUT2D eigenvalue weighted by Gasteiger charge is 2.25. The zero-order valence-electron chi connectivity index (χ0n) is 16.0. The Morgan fingerprint density at radius 2 is 1.50 bits per heavy atom. The zero-order valence-corrected chi connectivity index (χ0v) is 16.8. The van der Waals surface area contributed by atoms with E-state index in [9.17, 15) is 22.6 Å². The van der Waals surface area contributed by atoms with Gasteiger partial charge in [0.05, 0.1) is 21.9 Å². The molecule has 0 fully saturated rings. The van der Waals surface area contributed by atoms with Gasteiger partial charge in [-0.3, -0.25) is 14.1 Å². The van der Waals surface area contributed by atoms with Crippen molar-refractivity contribution in [1.82, 2.24) is 9.97 Å². The zero-order chi connectivity index (χ0) is 21.4. The third kappa shape index (κ3) is 2.44. The molecule has 0 unspecified atom stereocenters. The molecular formula is C22H16N2O5S. The number of aryl methyl sites for hydroxylation is 2. The molecular weight excluding hydrogens is 404 g/mol. The van der Waals surface area contributed by atoms with Gasteiger partial charge >= 0.3 is 0 Å². The van der Waals surface area contributed by atoms with Gasteiger partial charge in [-0.2, -0.15) is 8.42 Å². The number of aromatic amines is 2. The minimum Gasteiger partial charge on any atom is -0.354 e. The maximum Gasteiger partial charge on any atom is 0.297 e. The van der Waals surface area contributed by atoms with Crippen molar-refractivity contribution >= 4 is 53.7 Å². The van der Waals surface area contributed by atoms with E-state index in [4.69, 9.17) is 0 Å². The van der Waals surface area contributed by atoms with Crippen molar-refractivity contribution in [2.24, 2.45) is 0 Å². The highest BCUT2D eigenvalue weighted by atomic mass is 32.2. The van der Waals surface area contributed by atoms with E-state index in [0.717, 1.165) is 11.1 Å². The van der Waals surface area contributed by atoms with Crippen LogP contribution in [-0.4, -0.2) is 22.9 Å². The molecule has 0 aliphatic carbocycles. The van der Waals surface area contributed by atoms with Crippen LogP contribution < -0.4 is 10.9 Å². The van der Waals surface area contributed by atoms with Crippen LogP contribution in [-0.2, 0) is 10.1 Å². The molecule has 0 radical (unpaired) electrons. The van der Waals surface area contributed by atoms with Crippen LogP contribution in [0.15, 0.2) is 56.9 Å². The summed E-state index contributed by atoms with van der Waals surface area (Å²) in [6, 6.07) is 11.6. The Bertz CT molecular complexity index is 1780. The molecule has 5 aromatic rings. The van der Waals surface area contributed by atoms with Crippen molar-refractivity contribution in [3.05, 3.63) is 74.0 Å². The number of hydrogen-bond acceptors (Lipinski definition) is 4. The normalized spacial score (nSPS) is 12.4. The second-order valence-corrected chi connectivity index (χ2v) is 8.77. The molecule has 2 heterocycles. The first-order valence-corrected chi connectivity index (χ1v) is 10.6. The van der Waals surface area contributed by atoms with Crippen molar-refractivity contribution in [3.8, 4) is 0 Å². The lowest BCUT2D eigenvalue weighted by atomic mass is 10.0. The van der Waals surface area contributed by atoms with Gasteiger partial charge < -0.3 is 9.97 Å². The number of rotatable bonds is 1. The quantitative estimate of drug-likeness (QED) is 0.283. The molecule has 0 atom stereocenters. The number of benzene rings is 3. The number of para-hydroxylation sites is 1. The molecule has 3 aromatic carbocycles. The first-order valence-electron chi connectivity index (χ1n) is 9.19. The van der Waals surface area contributed by atoms with E-state index in [1.807, 2.05) is 19.9 Å². The third-order valence-corrected chi connectivity index (χ3v) is 6.60. The largest absolute Gasteiger partial charge is 0.354 e. The van der Waals surface area contributed by atoms with Gasteiger partial charge in [-0.1, -0.05) is 18.2 Å². The number of aromatic nitrogens is 2. The highest BCUT2D eigenvalue weighted by Crippen LogP contribution is 2.30. The summed E-state index contributed by atoms with van der Waals surface area (Å²) in [5.41, 5.74) is 1.77. The topological polar surface area (TPSA) is 120 Å². The van der Waals surface area contributed by atoms with Gasteiger partial charge in [0.1, 0.15) is 4.90 Å². The first kappa shape index (κ1) is 18.5. The van der Waals surface area contributed by atoms with Gasteiger partial charge in [0.25, 0.3) is 10.1 Å². The summed E-state index contributed by atoms with van der Waals surface area (Å²) in [6.45, 7) is 3.70. The Balaban J connectivity index is 2.18. The minimum absolute atomic E-state index is 0.0715. The second kappa shape index (κ2) is 6.01. The fraction of sp³-hybridized carbons (Fsp3) is 0.0909. The SMILES string of the molecule is Cc1ccc2[nH]c3c(S(=O)(=O)O)c4c(=O)c5ccccc5[nH]c4cc3c(=O)c2c1C. The Morgan fingerprint density at radius 1 is 0.800 bits per heavy atom. The number of pyridine rings is 2. The van der Waals surface area contributed by atoms with Gasteiger partial charge in [0, 0.05) is 21.7 Å². The molecule has 0 saturated carbocycles. The van der Waals surface area contributed by atoms with Crippen LogP contribution in [0.25, 0.3) is 43.6 Å². The molecule has 0 bridgehead atoms. The maximum atomic E-state index is 13.3. The maximum absolute atomic E-state index is 13.3. The lowest BCUT2D eigenvalue weighted by molar-refractivity contribution is 0.485. The van der Waals surface area contributed by atoms with Crippen molar-refractivity contribution in [2.75, 3.05) is 0 Å². The average Bonchev–Trinajstić information content (AvgIpc) is 2.69. The number of H-pyrrole nitrogens is 2. The molecule has 0 aliphatic rings. The third-order valence-electron chi connectivity index (χ3n) is 5.67. The van der Waals surface area contributed by atoms with Crippen LogP contribution >= 0.6 is 0 Å². The lowest BCUT2D eigenvalue weighted by Crippen LogP contribution is -2.15. The van der Waals surface area contributed by atoms with Crippen LogP contribution in [0.3, 0.4) is 0 Å². The summed E-state index contributed by atoms with van der Waals surface area (Å²) < 4.78 is 34.8. The monoisotopic (exact) mass is 420 g/mol. The van der Waals surface area contributed by atoms with Gasteiger partial charge in [0.2, 0.25) is 0 Å². The predicted octanol–water partition coefficient (Wildman–Crippen LogP) is 3.54. The fourth-order valence-electron chi connectivity index (χ4n) is 4.10. The predicted molar refractivity (Wildman–Crippen MR) is 117 cm³/mol. The van der Waals surface area contributed by atoms with Gasteiger partial charge in [-0.15, -0.1) is 0 Å². The van der Waals surface area contributed by atoms with Crippen molar-refractivity contribution in [2.45, 2.75) is 18.7 Å². The fourth-order valence-corrected chi connectivity index (χ4v) is 4.97. The first-order chi connectivity index (χ1) is 14.2. The molecule has 2 aromatic heterocycles. The Kier molecular flexibility index (Phi) is 3.71. The molecule has 8 heteroatoms. The van der Waals surface area contributed by atoms with E-state index < -0.39 is 20.4 Å². The summed E-state index contributed by atoms with van der Waals surface area (Å²) in [6.07, 6.45) is 0. The summed E-state index contributed by atoms with van der Waals surface area (Å²) in [7, 11) is -4.84.